The van der Waals surface area contributed by atoms with Crippen LogP contribution in [0.4, 0.5) is 30.6 Å². The number of rotatable bonds is 5. The summed E-state index contributed by atoms with van der Waals surface area (Å²) in [5.41, 5.74) is 1.84. The van der Waals surface area contributed by atoms with Gasteiger partial charge in [0.1, 0.15) is 5.82 Å². The third-order valence-electron chi connectivity index (χ3n) is 4.44. The Bertz CT molecular complexity index is 985. The van der Waals surface area contributed by atoms with Crippen molar-refractivity contribution in [3.05, 3.63) is 59.9 Å². The number of hydrogen-bond acceptors (Lipinski definition) is 5. The monoisotopic (exact) mass is 385 g/mol. The molecule has 0 aliphatic heterocycles. The fourth-order valence-electron chi connectivity index (χ4n) is 2.73. The highest BCUT2D eigenvalue weighted by atomic mass is 19.4. The van der Waals surface area contributed by atoms with Crippen molar-refractivity contribution in [3.63, 3.8) is 0 Å². The number of aryl methyl sites for hydroxylation is 1. The second kappa shape index (κ2) is 7.10. The van der Waals surface area contributed by atoms with Gasteiger partial charge in [-0.05, 0) is 49.6 Å². The highest BCUT2D eigenvalue weighted by molar-refractivity contribution is 5.68. The molecule has 1 saturated carbocycles. The zero-order chi connectivity index (χ0) is 19.7. The van der Waals surface area contributed by atoms with Crippen LogP contribution in [0.2, 0.25) is 0 Å². The summed E-state index contributed by atoms with van der Waals surface area (Å²) in [4.78, 5) is 13.0. The number of pyridine rings is 1. The zero-order valence-electron chi connectivity index (χ0n) is 15.1. The molecule has 1 aliphatic rings. The van der Waals surface area contributed by atoms with Crippen molar-refractivity contribution in [1.82, 2.24) is 15.0 Å². The van der Waals surface area contributed by atoms with Gasteiger partial charge in [-0.25, -0.2) is 4.98 Å². The number of benzene rings is 1. The lowest BCUT2D eigenvalue weighted by molar-refractivity contribution is -0.137. The topological polar surface area (TPSA) is 62.7 Å². The Kier molecular flexibility index (Phi) is 4.62. The molecule has 5 nitrogen and oxygen atoms in total. The first-order valence-electron chi connectivity index (χ1n) is 8.89. The van der Waals surface area contributed by atoms with Gasteiger partial charge >= 0.3 is 6.18 Å². The van der Waals surface area contributed by atoms with Gasteiger partial charge in [0.25, 0.3) is 0 Å². The van der Waals surface area contributed by atoms with Crippen molar-refractivity contribution in [3.8, 4) is 11.3 Å². The van der Waals surface area contributed by atoms with E-state index in [1.54, 1.807) is 25.4 Å². The molecule has 1 aliphatic carbocycles. The second-order valence-corrected chi connectivity index (χ2v) is 6.77. The largest absolute Gasteiger partial charge is 0.416 e. The summed E-state index contributed by atoms with van der Waals surface area (Å²) < 4.78 is 39.2. The molecule has 2 aromatic heterocycles. The maximum atomic E-state index is 13.1. The Labute approximate surface area is 160 Å². The average Bonchev–Trinajstić information content (AvgIpc) is 3.47. The highest BCUT2D eigenvalue weighted by Gasteiger charge is 2.31. The van der Waals surface area contributed by atoms with Gasteiger partial charge in [0.2, 0.25) is 5.95 Å². The molecule has 0 atom stereocenters. The van der Waals surface area contributed by atoms with Gasteiger partial charge in [0.15, 0.2) is 0 Å². The van der Waals surface area contributed by atoms with Gasteiger partial charge in [0.05, 0.1) is 11.3 Å². The van der Waals surface area contributed by atoms with Crippen molar-refractivity contribution >= 4 is 17.5 Å². The van der Waals surface area contributed by atoms with Crippen LogP contribution >= 0.6 is 0 Å². The van der Waals surface area contributed by atoms with Crippen molar-refractivity contribution in [2.45, 2.75) is 32.0 Å². The molecule has 8 heteroatoms. The molecule has 0 unspecified atom stereocenters. The predicted octanol–water partition coefficient (Wildman–Crippen LogP) is 5.18. The third-order valence-corrected chi connectivity index (χ3v) is 4.44. The minimum Gasteiger partial charge on any atom is -0.351 e. The maximum Gasteiger partial charge on any atom is 0.416 e. The van der Waals surface area contributed by atoms with E-state index < -0.39 is 11.7 Å². The summed E-state index contributed by atoms with van der Waals surface area (Å²) in [6.07, 6.45) is 1.03. The molecule has 0 bridgehead atoms. The Morgan fingerprint density at radius 3 is 2.43 bits per heavy atom. The number of nitrogens with zero attached hydrogens (tertiary/aromatic N) is 3. The first-order chi connectivity index (χ1) is 13.4. The molecule has 0 spiro atoms. The van der Waals surface area contributed by atoms with Crippen molar-refractivity contribution in [2.24, 2.45) is 0 Å². The number of halogens is 3. The summed E-state index contributed by atoms with van der Waals surface area (Å²) in [6, 6.07) is 9.31. The van der Waals surface area contributed by atoms with Gasteiger partial charge in [0, 0.05) is 35.8 Å². The number of aromatic nitrogens is 3. The zero-order valence-corrected chi connectivity index (χ0v) is 15.1. The molecule has 144 valence electrons. The van der Waals surface area contributed by atoms with Crippen LogP contribution < -0.4 is 10.6 Å². The van der Waals surface area contributed by atoms with Crippen LogP contribution in [0.5, 0.6) is 0 Å². The lowest BCUT2D eigenvalue weighted by Crippen LogP contribution is -2.09. The molecule has 0 amide bonds. The van der Waals surface area contributed by atoms with E-state index in [0.717, 1.165) is 30.5 Å². The standard InChI is InChI=1S/C20H18F3N5/c1-12-2-3-14(20(21,22)23)10-16(12)26-18-11-17(13-6-8-24-9-7-13)27-19(28-18)25-15-4-5-15/h2-3,6-11,15H,4-5H2,1H3,(H2,25,26,27,28). The summed E-state index contributed by atoms with van der Waals surface area (Å²) in [7, 11) is 0. The minimum absolute atomic E-state index is 0.343. The average molecular weight is 385 g/mol. The minimum atomic E-state index is -4.41. The fraction of sp³-hybridized carbons (Fsp3) is 0.250. The fourth-order valence-corrected chi connectivity index (χ4v) is 2.73. The lowest BCUT2D eigenvalue weighted by Gasteiger charge is -2.14. The second-order valence-electron chi connectivity index (χ2n) is 6.77. The molecule has 2 N–H and O–H groups in total. The van der Waals surface area contributed by atoms with E-state index in [2.05, 4.69) is 25.6 Å². The van der Waals surface area contributed by atoms with Crippen LogP contribution in [0.15, 0.2) is 48.8 Å². The summed E-state index contributed by atoms with van der Waals surface area (Å²) >= 11 is 0. The Hall–Kier alpha value is -3.16. The summed E-state index contributed by atoms with van der Waals surface area (Å²) in [5.74, 6) is 0.872. The molecule has 1 fully saturated rings. The van der Waals surface area contributed by atoms with Crippen LogP contribution in [0.1, 0.15) is 24.0 Å². The maximum absolute atomic E-state index is 13.1. The first kappa shape index (κ1) is 18.2. The van der Waals surface area contributed by atoms with Gasteiger partial charge < -0.3 is 10.6 Å². The molecular formula is C20H18F3N5. The smallest absolute Gasteiger partial charge is 0.351 e. The van der Waals surface area contributed by atoms with Crippen molar-refractivity contribution < 1.29 is 13.2 Å². The van der Waals surface area contributed by atoms with E-state index in [0.29, 0.717) is 34.8 Å². The van der Waals surface area contributed by atoms with Gasteiger partial charge in [-0.2, -0.15) is 18.2 Å². The number of alkyl halides is 3. The van der Waals surface area contributed by atoms with E-state index in [9.17, 15) is 13.2 Å². The summed E-state index contributed by atoms with van der Waals surface area (Å²) in [5, 5.41) is 6.27. The van der Waals surface area contributed by atoms with Gasteiger partial charge in [-0.1, -0.05) is 6.07 Å². The molecule has 2 heterocycles. The van der Waals surface area contributed by atoms with E-state index in [-0.39, 0.29) is 0 Å². The van der Waals surface area contributed by atoms with E-state index in [4.69, 9.17) is 0 Å². The highest BCUT2D eigenvalue weighted by Crippen LogP contribution is 2.33. The van der Waals surface area contributed by atoms with Crippen molar-refractivity contribution in [2.75, 3.05) is 10.6 Å². The van der Waals surface area contributed by atoms with E-state index >= 15 is 0 Å². The van der Waals surface area contributed by atoms with Crippen molar-refractivity contribution in [1.29, 1.82) is 0 Å². The van der Waals surface area contributed by atoms with Crippen LogP contribution in [-0.4, -0.2) is 21.0 Å². The SMILES string of the molecule is Cc1ccc(C(F)(F)F)cc1Nc1cc(-c2ccncc2)nc(NC2CC2)n1. The first-order valence-corrected chi connectivity index (χ1v) is 8.89. The normalized spacial score (nSPS) is 14.0. The van der Waals surface area contributed by atoms with Crippen LogP contribution in [0, 0.1) is 6.92 Å². The van der Waals surface area contributed by atoms with Crippen LogP contribution in [0.25, 0.3) is 11.3 Å². The molecule has 3 aromatic rings. The number of anilines is 3. The van der Waals surface area contributed by atoms with Crippen LogP contribution in [-0.2, 0) is 6.18 Å². The number of hydrogen-bond donors (Lipinski definition) is 2. The molecule has 1 aromatic carbocycles. The summed E-state index contributed by atoms with van der Waals surface area (Å²) in [6.45, 7) is 1.75. The predicted molar refractivity (Wildman–Crippen MR) is 101 cm³/mol. The third kappa shape index (κ3) is 4.21. The van der Waals surface area contributed by atoms with Gasteiger partial charge in [-0.15, -0.1) is 0 Å². The molecule has 0 saturated heterocycles. The molecule has 28 heavy (non-hydrogen) atoms. The quantitative estimate of drug-likeness (QED) is 0.633. The van der Waals surface area contributed by atoms with Gasteiger partial charge in [-0.3, -0.25) is 4.98 Å². The molecule has 0 radical (unpaired) electrons. The Morgan fingerprint density at radius 2 is 1.75 bits per heavy atom. The Morgan fingerprint density at radius 1 is 1.00 bits per heavy atom. The van der Waals surface area contributed by atoms with E-state index in [1.807, 2.05) is 12.1 Å². The Balaban J connectivity index is 1.71. The number of nitrogens with one attached hydrogen (secondary N) is 2. The van der Waals surface area contributed by atoms with E-state index in [1.165, 1.54) is 6.07 Å². The van der Waals surface area contributed by atoms with Crippen LogP contribution in [0.3, 0.4) is 0 Å². The molecular weight excluding hydrogens is 367 g/mol. The molecule has 4 rings (SSSR count). The lowest BCUT2D eigenvalue weighted by atomic mass is 10.1.